The van der Waals surface area contributed by atoms with E-state index in [1.54, 1.807) is 0 Å². The molecule has 0 radical (unpaired) electrons. The number of benzene rings is 1. The van der Waals surface area contributed by atoms with E-state index in [4.69, 9.17) is 0 Å². The third-order valence-corrected chi connectivity index (χ3v) is 2.88. The van der Waals surface area contributed by atoms with E-state index >= 15 is 0 Å². The van der Waals surface area contributed by atoms with Crippen molar-refractivity contribution in [1.29, 1.82) is 0 Å². The van der Waals surface area contributed by atoms with Crippen molar-refractivity contribution in [2.24, 2.45) is 0 Å². The second kappa shape index (κ2) is 3.09. The third kappa shape index (κ3) is 1.39. The van der Waals surface area contributed by atoms with Crippen LogP contribution in [0.3, 0.4) is 0 Å². The maximum absolute atomic E-state index is 2.26. The third-order valence-electron chi connectivity index (χ3n) is 2.88. The minimum atomic E-state index is 1.28. The van der Waals surface area contributed by atoms with Crippen LogP contribution in [0.2, 0.25) is 0 Å². The lowest BCUT2D eigenvalue weighted by molar-refractivity contribution is 1.45. The molecule has 0 unspecified atom stereocenters. The number of rotatable bonds is 0. The van der Waals surface area contributed by atoms with Gasteiger partial charge in [-0.15, -0.1) is 0 Å². The van der Waals surface area contributed by atoms with Crippen molar-refractivity contribution < 1.29 is 0 Å². The second-order valence-electron chi connectivity index (χ2n) is 4.05. The van der Waals surface area contributed by atoms with Gasteiger partial charge < -0.3 is 0 Å². The molecule has 0 saturated carbocycles. The van der Waals surface area contributed by atoms with Crippen molar-refractivity contribution in [2.45, 2.75) is 6.92 Å². The van der Waals surface area contributed by atoms with Crippen molar-refractivity contribution in [1.82, 2.24) is 0 Å². The Kier molecular flexibility index (Phi) is 1.75. The minimum absolute atomic E-state index is 1.28. The molecule has 4 rings (SSSR count). The Balaban J connectivity index is 2.78. The van der Waals surface area contributed by atoms with E-state index in [0.717, 1.165) is 0 Å². The molecule has 0 spiro atoms. The van der Waals surface area contributed by atoms with Gasteiger partial charge in [0, 0.05) is 0 Å². The van der Waals surface area contributed by atoms with Gasteiger partial charge in [0.15, 0.2) is 0 Å². The molecule has 0 fully saturated rings. The molecule has 15 heavy (non-hydrogen) atoms. The molecule has 0 amide bonds. The molecule has 0 aromatic heterocycles. The van der Waals surface area contributed by atoms with E-state index in [-0.39, 0.29) is 0 Å². The van der Waals surface area contributed by atoms with E-state index in [9.17, 15) is 0 Å². The average molecular weight is 192 g/mol. The van der Waals surface area contributed by atoms with Crippen LogP contribution in [-0.4, -0.2) is 0 Å². The molecule has 72 valence electrons. The Labute approximate surface area is 88.8 Å². The molecule has 4 bridgehead atoms. The summed E-state index contributed by atoms with van der Waals surface area (Å²) in [7, 11) is 0. The van der Waals surface area contributed by atoms with Crippen molar-refractivity contribution in [3.63, 3.8) is 0 Å². The van der Waals surface area contributed by atoms with Crippen LogP contribution in [-0.2, 0) is 0 Å². The second-order valence-corrected chi connectivity index (χ2v) is 4.05. The van der Waals surface area contributed by atoms with E-state index in [1.165, 1.54) is 26.8 Å². The highest BCUT2D eigenvalue weighted by Gasteiger charge is 1.93. The first-order chi connectivity index (χ1) is 7.33. The fourth-order valence-corrected chi connectivity index (χ4v) is 2.05. The molecule has 0 nitrogen and oxygen atoms in total. The van der Waals surface area contributed by atoms with E-state index < -0.39 is 0 Å². The molecule has 3 aliphatic rings. The number of hydrogen-bond donors (Lipinski definition) is 0. The summed E-state index contributed by atoms with van der Waals surface area (Å²) in [6.07, 6.45) is 0. The first-order valence-electron chi connectivity index (χ1n) is 5.22. The maximum atomic E-state index is 2.26. The zero-order valence-electron chi connectivity index (χ0n) is 8.70. The number of aryl methyl sites for hydroxylation is 1. The predicted molar refractivity (Wildman–Crippen MR) is 64.0 cm³/mol. The van der Waals surface area contributed by atoms with Crippen LogP contribution in [0.4, 0.5) is 0 Å². The van der Waals surface area contributed by atoms with Gasteiger partial charge in [0.1, 0.15) is 0 Å². The summed E-state index contributed by atoms with van der Waals surface area (Å²) in [5.74, 6) is 0. The molecule has 3 aliphatic carbocycles. The van der Waals surface area contributed by atoms with Crippen LogP contribution < -0.4 is 0 Å². The fraction of sp³-hybridized carbons (Fsp3) is 0.0667. The van der Waals surface area contributed by atoms with Crippen molar-refractivity contribution in [2.75, 3.05) is 0 Å². The number of hydrogen-bond acceptors (Lipinski definition) is 0. The topological polar surface area (TPSA) is 0 Å². The fourth-order valence-electron chi connectivity index (χ4n) is 2.05. The van der Waals surface area contributed by atoms with Crippen LogP contribution in [0.15, 0.2) is 54.6 Å². The molecule has 1 aromatic rings. The summed E-state index contributed by atoms with van der Waals surface area (Å²) in [4.78, 5) is 0. The summed E-state index contributed by atoms with van der Waals surface area (Å²) in [5, 5.41) is 5.20. The Morgan fingerprint density at radius 2 is 1.53 bits per heavy atom. The highest BCUT2D eigenvalue weighted by atomic mass is 14.0. The summed E-state index contributed by atoms with van der Waals surface area (Å²) < 4.78 is 0. The molecular weight excluding hydrogens is 180 g/mol. The Morgan fingerprint density at radius 1 is 0.667 bits per heavy atom. The maximum Gasteiger partial charge on any atom is -0.0175 e. The Morgan fingerprint density at radius 3 is 2.47 bits per heavy atom. The van der Waals surface area contributed by atoms with Gasteiger partial charge in [-0.1, -0.05) is 54.1 Å². The van der Waals surface area contributed by atoms with Crippen LogP contribution in [0.1, 0.15) is 5.56 Å². The first-order valence-corrected chi connectivity index (χ1v) is 5.22. The van der Waals surface area contributed by atoms with Gasteiger partial charge in [0.05, 0.1) is 0 Å². The molecular formula is C15H12. The molecule has 0 atom stereocenters. The normalized spacial score (nSPS) is 11.0. The molecule has 0 heteroatoms. The molecule has 0 N–H and O–H groups in total. The summed E-state index contributed by atoms with van der Waals surface area (Å²) in [6.45, 7) is 2.14. The highest BCUT2D eigenvalue weighted by Crippen LogP contribution is 2.15. The lowest BCUT2D eigenvalue weighted by atomic mass is 10.1. The van der Waals surface area contributed by atoms with Crippen LogP contribution in [0, 0.1) is 17.4 Å². The summed E-state index contributed by atoms with van der Waals surface area (Å²) in [5.41, 5.74) is 1.30. The van der Waals surface area contributed by atoms with E-state index in [2.05, 4.69) is 61.5 Å². The summed E-state index contributed by atoms with van der Waals surface area (Å²) in [6, 6.07) is 19.7. The summed E-state index contributed by atoms with van der Waals surface area (Å²) >= 11 is 0. The van der Waals surface area contributed by atoms with Gasteiger partial charge in [-0.25, -0.2) is 0 Å². The van der Waals surface area contributed by atoms with E-state index in [0.29, 0.717) is 0 Å². The first kappa shape index (κ1) is 8.49. The minimum Gasteiger partial charge on any atom is -0.0610 e. The van der Waals surface area contributed by atoms with Crippen LogP contribution in [0.5, 0.6) is 0 Å². The number of fused-ring (bicyclic) bond motifs is 3. The average Bonchev–Trinajstić information content (AvgIpc) is 2.19. The quantitative estimate of drug-likeness (QED) is 0.507. The van der Waals surface area contributed by atoms with Crippen molar-refractivity contribution in [3.8, 4) is 0 Å². The lowest BCUT2D eigenvalue weighted by Crippen LogP contribution is -1.78. The highest BCUT2D eigenvalue weighted by molar-refractivity contribution is 5.82. The van der Waals surface area contributed by atoms with Gasteiger partial charge in [-0.3, -0.25) is 0 Å². The van der Waals surface area contributed by atoms with E-state index in [1.807, 2.05) is 0 Å². The zero-order chi connectivity index (χ0) is 10.3. The van der Waals surface area contributed by atoms with Gasteiger partial charge in [0.25, 0.3) is 0 Å². The van der Waals surface area contributed by atoms with Crippen molar-refractivity contribution >= 4 is 10.8 Å². The molecule has 0 aliphatic heterocycles. The lowest BCUT2D eigenvalue weighted by Gasteiger charge is -1.99. The Bertz CT molecular complexity index is 680. The van der Waals surface area contributed by atoms with Gasteiger partial charge in [-0.2, -0.15) is 0 Å². The molecule has 0 heterocycles. The SMILES string of the molecule is Cc1ccc2cccc3ccc=2cc3c1. The van der Waals surface area contributed by atoms with Gasteiger partial charge >= 0.3 is 0 Å². The Hall–Kier alpha value is -1.82. The monoisotopic (exact) mass is 192 g/mol. The van der Waals surface area contributed by atoms with Gasteiger partial charge in [-0.05, 0) is 34.2 Å². The molecule has 0 saturated heterocycles. The smallest absolute Gasteiger partial charge is 0.0175 e. The predicted octanol–water partition coefficient (Wildman–Crippen LogP) is 3.87. The standard InChI is InChI=1S/C15H12/c1-11-5-6-12-3-2-4-13-7-8-14(12)10-15(13)9-11/h2-10H,1H3. The zero-order valence-corrected chi connectivity index (χ0v) is 8.70. The van der Waals surface area contributed by atoms with Crippen molar-refractivity contribution in [3.05, 3.63) is 70.6 Å². The largest absolute Gasteiger partial charge is 0.0610 e. The molecule has 1 aromatic carbocycles. The van der Waals surface area contributed by atoms with Crippen LogP contribution in [0.25, 0.3) is 10.8 Å². The van der Waals surface area contributed by atoms with Crippen LogP contribution >= 0.6 is 0 Å². The van der Waals surface area contributed by atoms with Gasteiger partial charge in [0.2, 0.25) is 0 Å².